The fourth-order valence-electron chi connectivity index (χ4n) is 0.902. The fraction of sp³-hybridized carbons (Fsp3) is 0.333. The zero-order chi connectivity index (χ0) is 8.27. The van der Waals surface area contributed by atoms with Crippen molar-refractivity contribution in [1.29, 1.82) is 0 Å². The van der Waals surface area contributed by atoms with E-state index in [1.807, 2.05) is 18.2 Å². The first-order valence-corrected chi connectivity index (χ1v) is 5.05. The van der Waals surface area contributed by atoms with E-state index >= 15 is 0 Å². The Morgan fingerprint density at radius 3 is 2.82 bits per heavy atom. The average molecular weight is 234 g/mol. The Bertz CT molecular complexity index is 235. The van der Waals surface area contributed by atoms with Crippen molar-refractivity contribution in [3.63, 3.8) is 0 Å². The minimum Gasteiger partial charge on any atom is -0.0922 e. The van der Waals surface area contributed by atoms with E-state index in [1.54, 1.807) is 0 Å². The number of halogens is 2. The molecule has 0 radical (unpaired) electrons. The molecular weight excluding hydrogens is 223 g/mol. The highest BCUT2D eigenvalue weighted by Gasteiger charge is 2.02. The molecule has 0 spiro atoms. The first kappa shape index (κ1) is 9.08. The van der Waals surface area contributed by atoms with Gasteiger partial charge in [0.25, 0.3) is 0 Å². The van der Waals surface area contributed by atoms with Crippen molar-refractivity contribution < 1.29 is 0 Å². The molecule has 0 heterocycles. The van der Waals surface area contributed by atoms with Crippen molar-refractivity contribution in [2.75, 3.05) is 5.33 Å². The molecule has 0 saturated carbocycles. The molecule has 0 amide bonds. The van der Waals surface area contributed by atoms with Gasteiger partial charge in [-0.25, -0.2) is 0 Å². The SMILES string of the molecule is C[C@@H](CBr)c1cccc(Cl)c1. The van der Waals surface area contributed by atoms with Crippen molar-refractivity contribution >= 4 is 27.5 Å². The summed E-state index contributed by atoms with van der Waals surface area (Å²) in [5.41, 5.74) is 1.29. The second-order valence-corrected chi connectivity index (χ2v) is 3.69. The molecule has 0 aromatic heterocycles. The van der Waals surface area contributed by atoms with Crippen molar-refractivity contribution in [1.82, 2.24) is 0 Å². The fourth-order valence-corrected chi connectivity index (χ4v) is 1.47. The van der Waals surface area contributed by atoms with E-state index in [0.29, 0.717) is 5.92 Å². The van der Waals surface area contributed by atoms with Crippen molar-refractivity contribution in [2.45, 2.75) is 12.8 Å². The number of hydrogen-bond acceptors (Lipinski definition) is 0. The summed E-state index contributed by atoms with van der Waals surface area (Å²) < 4.78 is 0. The Morgan fingerprint density at radius 2 is 2.27 bits per heavy atom. The molecule has 0 unspecified atom stereocenters. The van der Waals surface area contributed by atoms with E-state index < -0.39 is 0 Å². The zero-order valence-corrected chi connectivity index (χ0v) is 8.69. The van der Waals surface area contributed by atoms with E-state index in [0.717, 1.165) is 10.4 Å². The monoisotopic (exact) mass is 232 g/mol. The quantitative estimate of drug-likeness (QED) is 0.681. The third kappa shape index (κ3) is 2.49. The maximum atomic E-state index is 5.83. The number of benzene rings is 1. The van der Waals surface area contributed by atoms with Crippen LogP contribution in [0.3, 0.4) is 0 Å². The Hall–Kier alpha value is -0.0100. The zero-order valence-electron chi connectivity index (χ0n) is 6.35. The molecule has 2 heteroatoms. The molecule has 60 valence electrons. The van der Waals surface area contributed by atoms with Gasteiger partial charge < -0.3 is 0 Å². The van der Waals surface area contributed by atoms with Crippen LogP contribution in [0.4, 0.5) is 0 Å². The van der Waals surface area contributed by atoms with E-state index in [2.05, 4.69) is 28.9 Å². The van der Waals surface area contributed by atoms with E-state index in [4.69, 9.17) is 11.6 Å². The molecule has 1 aromatic rings. The molecule has 0 aliphatic heterocycles. The van der Waals surface area contributed by atoms with Gasteiger partial charge in [0.2, 0.25) is 0 Å². The lowest BCUT2D eigenvalue weighted by atomic mass is 10.0. The molecule has 0 nitrogen and oxygen atoms in total. The van der Waals surface area contributed by atoms with Crippen LogP contribution in [0.25, 0.3) is 0 Å². The van der Waals surface area contributed by atoms with Gasteiger partial charge in [-0.15, -0.1) is 0 Å². The highest BCUT2D eigenvalue weighted by Crippen LogP contribution is 2.20. The molecular formula is C9H10BrCl. The maximum absolute atomic E-state index is 5.83. The lowest BCUT2D eigenvalue weighted by Crippen LogP contribution is -1.92. The van der Waals surface area contributed by atoms with E-state index in [9.17, 15) is 0 Å². The van der Waals surface area contributed by atoms with Crippen LogP contribution in [0.2, 0.25) is 5.02 Å². The topological polar surface area (TPSA) is 0 Å². The van der Waals surface area contributed by atoms with Crippen molar-refractivity contribution in [3.8, 4) is 0 Å². The van der Waals surface area contributed by atoms with E-state index in [-0.39, 0.29) is 0 Å². The van der Waals surface area contributed by atoms with Gasteiger partial charge in [-0.05, 0) is 23.6 Å². The molecule has 0 saturated heterocycles. The van der Waals surface area contributed by atoms with Crippen molar-refractivity contribution in [2.24, 2.45) is 0 Å². The van der Waals surface area contributed by atoms with Gasteiger partial charge in [-0.3, -0.25) is 0 Å². The molecule has 0 aliphatic rings. The van der Waals surface area contributed by atoms with Gasteiger partial charge in [0.05, 0.1) is 0 Å². The molecule has 0 fully saturated rings. The number of rotatable bonds is 2. The van der Waals surface area contributed by atoms with Gasteiger partial charge in [0, 0.05) is 10.4 Å². The molecule has 0 aliphatic carbocycles. The number of hydrogen-bond donors (Lipinski definition) is 0. The Balaban J connectivity index is 2.86. The van der Waals surface area contributed by atoms with Gasteiger partial charge in [-0.1, -0.05) is 46.6 Å². The summed E-state index contributed by atoms with van der Waals surface area (Å²) in [6.45, 7) is 2.17. The Kier molecular flexibility index (Phi) is 3.41. The highest BCUT2D eigenvalue weighted by atomic mass is 79.9. The standard InChI is InChI=1S/C9H10BrCl/c1-7(6-10)8-3-2-4-9(11)5-8/h2-5,7H,6H2,1H3/t7-/m0/s1. The van der Waals surface area contributed by atoms with Crippen LogP contribution >= 0.6 is 27.5 Å². The van der Waals surface area contributed by atoms with Crippen molar-refractivity contribution in [3.05, 3.63) is 34.9 Å². The molecule has 1 aromatic carbocycles. The smallest absolute Gasteiger partial charge is 0.0408 e. The van der Waals surface area contributed by atoms with Crippen LogP contribution < -0.4 is 0 Å². The summed E-state index contributed by atoms with van der Waals surface area (Å²) in [7, 11) is 0. The Morgan fingerprint density at radius 1 is 1.55 bits per heavy atom. The minimum absolute atomic E-state index is 0.536. The van der Waals surface area contributed by atoms with E-state index in [1.165, 1.54) is 5.56 Å². The molecule has 11 heavy (non-hydrogen) atoms. The average Bonchev–Trinajstić information content (AvgIpc) is 2.03. The van der Waals surface area contributed by atoms with Crippen LogP contribution in [-0.4, -0.2) is 5.33 Å². The minimum atomic E-state index is 0.536. The number of alkyl halides is 1. The largest absolute Gasteiger partial charge is 0.0922 e. The lowest BCUT2D eigenvalue weighted by molar-refractivity contribution is 0.888. The van der Waals surface area contributed by atoms with Gasteiger partial charge in [-0.2, -0.15) is 0 Å². The summed E-state index contributed by atoms with van der Waals surface area (Å²) >= 11 is 9.26. The first-order chi connectivity index (χ1) is 5.24. The van der Waals surface area contributed by atoms with Crippen LogP contribution in [0, 0.1) is 0 Å². The van der Waals surface area contributed by atoms with Gasteiger partial charge in [0.15, 0.2) is 0 Å². The summed E-state index contributed by atoms with van der Waals surface area (Å²) in [4.78, 5) is 0. The van der Waals surface area contributed by atoms with Gasteiger partial charge >= 0.3 is 0 Å². The summed E-state index contributed by atoms with van der Waals surface area (Å²) in [6.07, 6.45) is 0. The Labute approximate surface area is 80.7 Å². The second-order valence-electron chi connectivity index (χ2n) is 2.61. The molecule has 1 rings (SSSR count). The maximum Gasteiger partial charge on any atom is 0.0408 e. The highest BCUT2D eigenvalue weighted by molar-refractivity contribution is 9.09. The summed E-state index contributed by atoms with van der Waals surface area (Å²) in [6, 6.07) is 7.98. The second kappa shape index (κ2) is 4.13. The van der Waals surface area contributed by atoms with Crippen LogP contribution in [0.1, 0.15) is 18.4 Å². The van der Waals surface area contributed by atoms with Crippen LogP contribution in [0.15, 0.2) is 24.3 Å². The molecule has 0 N–H and O–H groups in total. The van der Waals surface area contributed by atoms with Crippen LogP contribution in [0.5, 0.6) is 0 Å². The summed E-state index contributed by atoms with van der Waals surface area (Å²) in [5.74, 6) is 0.536. The van der Waals surface area contributed by atoms with Gasteiger partial charge in [0.1, 0.15) is 0 Å². The van der Waals surface area contributed by atoms with Crippen LogP contribution in [-0.2, 0) is 0 Å². The lowest BCUT2D eigenvalue weighted by Gasteiger charge is -2.06. The third-order valence-corrected chi connectivity index (χ3v) is 2.86. The first-order valence-electron chi connectivity index (χ1n) is 3.55. The third-order valence-electron chi connectivity index (χ3n) is 1.65. The predicted octanol–water partition coefficient (Wildman–Crippen LogP) is 3.84. The predicted molar refractivity (Wildman–Crippen MR) is 53.7 cm³/mol. The molecule has 0 bridgehead atoms. The summed E-state index contributed by atoms with van der Waals surface area (Å²) in [5, 5.41) is 1.79. The normalized spacial score (nSPS) is 13.0. The molecule has 1 atom stereocenters.